The van der Waals surface area contributed by atoms with Crippen LogP contribution in [0, 0.1) is 0 Å². The van der Waals surface area contributed by atoms with Gasteiger partial charge in [0.1, 0.15) is 22.9 Å². The third-order valence-electron chi connectivity index (χ3n) is 3.01. The molecule has 1 heterocycles. The van der Waals surface area contributed by atoms with E-state index in [1.54, 1.807) is 37.4 Å². The van der Waals surface area contributed by atoms with Crippen LogP contribution < -0.4 is 19.6 Å². The lowest BCUT2D eigenvalue weighted by atomic mass is 10.2. The summed E-state index contributed by atoms with van der Waals surface area (Å²) in [5, 5.41) is 3.93. The van der Waals surface area contributed by atoms with Gasteiger partial charge in [-0.25, -0.2) is 5.43 Å². The van der Waals surface area contributed by atoms with Crippen LogP contribution in [-0.4, -0.2) is 38.4 Å². The molecule has 23 heavy (non-hydrogen) atoms. The van der Waals surface area contributed by atoms with Crippen molar-refractivity contribution in [2.45, 2.75) is 0 Å². The summed E-state index contributed by atoms with van der Waals surface area (Å²) in [6.07, 6.45) is 2.98. The third kappa shape index (κ3) is 3.97. The van der Waals surface area contributed by atoms with Crippen LogP contribution in [-0.2, 0) is 0 Å². The molecule has 1 amide bonds. The fraction of sp³-hybridized carbons (Fsp3) is 0.188. The van der Waals surface area contributed by atoms with Gasteiger partial charge in [-0.15, -0.1) is 0 Å². The molecule has 120 valence electrons. The molecule has 7 nitrogen and oxygen atoms in total. The van der Waals surface area contributed by atoms with Gasteiger partial charge in [-0.2, -0.15) is 5.10 Å². The molecule has 0 aliphatic rings. The second-order valence-corrected chi connectivity index (χ2v) is 4.36. The molecule has 0 radical (unpaired) electrons. The zero-order valence-electron chi connectivity index (χ0n) is 13.1. The molecule has 7 heteroatoms. The molecule has 0 fully saturated rings. The van der Waals surface area contributed by atoms with Gasteiger partial charge in [0.25, 0.3) is 5.91 Å². The molecule has 0 aliphatic heterocycles. The summed E-state index contributed by atoms with van der Waals surface area (Å²) in [5.74, 6) is 1.20. The Kier molecular flexibility index (Phi) is 5.51. The second-order valence-electron chi connectivity index (χ2n) is 4.36. The van der Waals surface area contributed by atoms with Crippen LogP contribution in [0.3, 0.4) is 0 Å². The lowest BCUT2D eigenvalue weighted by molar-refractivity contribution is 0.0950. The van der Waals surface area contributed by atoms with E-state index in [-0.39, 0.29) is 5.69 Å². The number of nitrogens with zero attached hydrogens (tertiary/aromatic N) is 2. The highest BCUT2D eigenvalue weighted by Crippen LogP contribution is 2.32. The van der Waals surface area contributed by atoms with Crippen molar-refractivity contribution in [2.75, 3.05) is 21.3 Å². The number of rotatable bonds is 6. The topological polar surface area (TPSA) is 82.0 Å². The average molecular weight is 315 g/mol. The number of nitrogens with one attached hydrogen (secondary N) is 1. The highest BCUT2D eigenvalue weighted by molar-refractivity contribution is 5.94. The van der Waals surface area contributed by atoms with Crippen molar-refractivity contribution in [1.29, 1.82) is 0 Å². The number of hydrazone groups is 1. The fourth-order valence-electron chi connectivity index (χ4n) is 1.87. The van der Waals surface area contributed by atoms with Gasteiger partial charge in [0.2, 0.25) is 0 Å². The Morgan fingerprint density at radius 3 is 2.35 bits per heavy atom. The van der Waals surface area contributed by atoms with Crippen molar-refractivity contribution < 1.29 is 19.0 Å². The number of ether oxygens (including phenoxy) is 3. The van der Waals surface area contributed by atoms with Gasteiger partial charge in [0, 0.05) is 18.3 Å². The number of amides is 1. The number of aromatic nitrogens is 1. The lowest BCUT2D eigenvalue weighted by Gasteiger charge is -2.12. The van der Waals surface area contributed by atoms with Gasteiger partial charge in [-0.05, 0) is 12.1 Å². The minimum Gasteiger partial charge on any atom is -0.496 e. The zero-order chi connectivity index (χ0) is 16.7. The van der Waals surface area contributed by atoms with E-state index >= 15 is 0 Å². The smallest absolute Gasteiger partial charge is 0.289 e. The standard InChI is InChI=1S/C16H17N3O4/c1-21-11-8-14(22-2)12(15(9-11)23-3)10-18-19-16(20)13-6-4-5-7-17-13/h4-10H,1-3H3,(H,19,20). The summed E-state index contributed by atoms with van der Waals surface area (Å²) in [6.45, 7) is 0. The van der Waals surface area contributed by atoms with Crippen LogP contribution in [0.15, 0.2) is 41.6 Å². The predicted molar refractivity (Wildman–Crippen MR) is 85.4 cm³/mol. The van der Waals surface area contributed by atoms with E-state index < -0.39 is 5.91 Å². The summed E-state index contributed by atoms with van der Waals surface area (Å²) >= 11 is 0. The SMILES string of the molecule is COc1cc(OC)c(C=NNC(=O)c2ccccn2)c(OC)c1. The normalized spacial score (nSPS) is 10.4. The van der Waals surface area contributed by atoms with Gasteiger partial charge in [0.15, 0.2) is 0 Å². The Morgan fingerprint density at radius 2 is 1.83 bits per heavy atom. The maximum Gasteiger partial charge on any atom is 0.289 e. The Balaban J connectivity index is 2.20. The number of carbonyl (C=O) groups is 1. The number of benzene rings is 1. The van der Waals surface area contributed by atoms with Crippen LogP contribution in [0.2, 0.25) is 0 Å². The van der Waals surface area contributed by atoms with Crippen LogP contribution in [0.4, 0.5) is 0 Å². The molecule has 1 aromatic carbocycles. The monoisotopic (exact) mass is 315 g/mol. The fourth-order valence-corrected chi connectivity index (χ4v) is 1.87. The van der Waals surface area contributed by atoms with E-state index in [4.69, 9.17) is 14.2 Å². The highest BCUT2D eigenvalue weighted by atomic mass is 16.5. The first-order valence-corrected chi connectivity index (χ1v) is 6.74. The molecular weight excluding hydrogens is 298 g/mol. The van der Waals surface area contributed by atoms with Gasteiger partial charge in [0.05, 0.1) is 33.1 Å². The van der Waals surface area contributed by atoms with Crippen LogP contribution >= 0.6 is 0 Å². The lowest BCUT2D eigenvalue weighted by Crippen LogP contribution is -2.18. The van der Waals surface area contributed by atoms with Crippen molar-refractivity contribution in [2.24, 2.45) is 5.10 Å². The van der Waals surface area contributed by atoms with Crippen molar-refractivity contribution in [3.8, 4) is 17.2 Å². The molecule has 0 spiro atoms. The van der Waals surface area contributed by atoms with Gasteiger partial charge < -0.3 is 14.2 Å². The van der Waals surface area contributed by atoms with Gasteiger partial charge in [-0.3, -0.25) is 9.78 Å². The molecule has 0 saturated carbocycles. The van der Waals surface area contributed by atoms with Crippen molar-refractivity contribution in [3.63, 3.8) is 0 Å². The number of carbonyl (C=O) groups excluding carboxylic acids is 1. The van der Waals surface area contributed by atoms with E-state index in [0.29, 0.717) is 22.8 Å². The second kappa shape index (κ2) is 7.79. The highest BCUT2D eigenvalue weighted by Gasteiger charge is 2.12. The van der Waals surface area contributed by atoms with E-state index in [9.17, 15) is 4.79 Å². The zero-order valence-corrected chi connectivity index (χ0v) is 13.1. The molecular formula is C16H17N3O4. The summed E-state index contributed by atoms with van der Waals surface area (Å²) in [7, 11) is 4.60. The molecule has 2 rings (SSSR count). The maximum absolute atomic E-state index is 11.9. The van der Waals surface area contributed by atoms with Gasteiger partial charge >= 0.3 is 0 Å². The predicted octanol–water partition coefficient (Wildman–Crippen LogP) is 1.87. The summed E-state index contributed by atoms with van der Waals surface area (Å²) in [6, 6.07) is 8.45. The Bertz CT molecular complexity index is 677. The Morgan fingerprint density at radius 1 is 1.13 bits per heavy atom. The van der Waals surface area contributed by atoms with Crippen LogP contribution in [0.25, 0.3) is 0 Å². The first kappa shape index (κ1) is 16.3. The molecule has 0 unspecified atom stereocenters. The molecule has 0 atom stereocenters. The number of methoxy groups -OCH3 is 3. The Labute approximate surface area is 133 Å². The minimum absolute atomic E-state index is 0.276. The molecule has 2 aromatic rings. The summed E-state index contributed by atoms with van der Waals surface area (Å²) in [4.78, 5) is 15.8. The van der Waals surface area contributed by atoms with Gasteiger partial charge in [-0.1, -0.05) is 6.07 Å². The molecule has 1 N–H and O–H groups in total. The minimum atomic E-state index is -0.409. The largest absolute Gasteiger partial charge is 0.496 e. The molecule has 0 bridgehead atoms. The average Bonchev–Trinajstić information content (AvgIpc) is 2.62. The summed E-state index contributed by atoms with van der Waals surface area (Å²) in [5.41, 5.74) is 3.26. The third-order valence-corrected chi connectivity index (χ3v) is 3.01. The summed E-state index contributed by atoms with van der Waals surface area (Å²) < 4.78 is 15.8. The Hall–Kier alpha value is -3.09. The van der Waals surface area contributed by atoms with E-state index in [1.807, 2.05) is 0 Å². The molecule has 0 aliphatic carbocycles. The quantitative estimate of drug-likeness (QED) is 0.650. The number of hydrogen-bond acceptors (Lipinski definition) is 6. The van der Waals surface area contributed by atoms with E-state index in [0.717, 1.165) is 0 Å². The number of hydrogen-bond donors (Lipinski definition) is 1. The first-order valence-electron chi connectivity index (χ1n) is 6.74. The molecule has 0 saturated heterocycles. The van der Waals surface area contributed by atoms with E-state index in [2.05, 4.69) is 15.5 Å². The van der Waals surface area contributed by atoms with Crippen LogP contribution in [0.5, 0.6) is 17.2 Å². The van der Waals surface area contributed by atoms with Crippen molar-refractivity contribution in [1.82, 2.24) is 10.4 Å². The van der Waals surface area contributed by atoms with Crippen molar-refractivity contribution in [3.05, 3.63) is 47.8 Å². The van der Waals surface area contributed by atoms with Crippen LogP contribution in [0.1, 0.15) is 16.1 Å². The molecule has 1 aromatic heterocycles. The maximum atomic E-state index is 11.9. The van der Waals surface area contributed by atoms with E-state index in [1.165, 1.54) is 26.6 Å². The number of pyridine rings is 1. The first-order chi connectivity index (χ1) is 11.2. The van der Waals surface area contributed by atoms with Crippen molar-refractivity contribution >= 4 is 12.1 Å².